The number of carbonyl (C=O) groups excluding carboxylic acids is 1. The van der Waals surface area contributed by atoms with Crippen molar-refractivity contribution >= 4 is 21.6 Å². The molecule has 0 saturated heterocycles. The van der Waals surface area contributed by atoms with E-state index in [9.17, 15) is 13.2 Å². The van der Waals surface area contributed by atoms with Crippen molar-refractivity contribution in [2.75, 3.05) is 4.72 Å². The molecule has 30 heavy (non-hydrogen) atoms. The van der Waals surface area contributed by atoms with Crippen molar-refractivity contribution < 1.29 is 17.9 Å². The van der Waals surface area contributed by atoms with Crippen LogP contribution in [-0.4, -0.2) is 25.4 Å². The van der Waals surface area contributed by atoms with Gasteiger partial charge >= 0.3 is 0 Å². The lowest BCUT2D eigenvalue weighted by Crippen LogP contribution is -2.32. The van der Waals surface area contributed by atoms with Gasteiger partial charge in [0.1, 0.15) is 11.3 Å². The zero-order chi connectivity index (χ0) is 21.6. The lowest BCUT2D eigenvalue weighted by molar-refractivity contribution is 0.0936. The highest BCUT2D eigenvalue weighted by atomic mass is 32.2. The summed E-state index contributed by atoms with van der Waals surface area (Å²) < 4.78 is 33.4. The van der Waals surface area contributed by atoms with Crippen LogP contribution in [0.5, 0.6) is 11.6 Å². The largest absolute Gasteiger partial charge is 0.438 e. The summed E-state index contributed by atoms with van der Waals surface area (Å²) in [6.07, 6.45) is 2.32. The summed E-state index contributed by atoms with van der Waals surface area (Å²) in [7, 11) is -3.73. The molecule has 2 N–H and O–H groups in total. The van der Waals surface area contributed by atoms with Crippen LogP contribution in [0.15, 0.2) is 77.8 Å². The van der Waals surface area contributed by atoms with E-state index in [1.54, 1.807) is 48.5 Å². The SMILES string of the molecule is CC[C@H](C)NC(=O)c1cccnc1Oc1cccc(NS(=O)(=O)c2ccccc2)c1. The minimum absolute atomic E-state index is 0.0151. The number of anilines is 1. The molecule has 0 saturated carbocycles. The summed E-state index contributed by atoms with van der Waals surface area (Å²) in [5.41, 5.74) is 0.631. The molecule has 7 nitrogen and oxygen atoms in total. The number of nitrogens with zero attached hydrogens (tertiary/aromatic N) is 1. The average molecular weight is 426 g/mol. The van der Waals surface area contributed by atoms with Crippen molar-refractivity contribution in [2.45, 2.75) is 31.2 Å². The van der Waals surface area contributed by atoms with Gasteiger partial charge in [-0.1, -0.05) is 31.2 Å². The second-order valence-electron chi connectivity index (χ2n) is 6.69. The molecule has 0 spiro atoms. The molecule has 0 fully saturated rings. The van der Waals surface area contributed by atoms with Crippen molar-refractivity contribution in [3.8, 4) is 11.6 Å². The van der Waals surface area contributed by atoms with Crippen LogP contribution < -0.4 is 14.8 Å². The van der Waals surface area contributed by atoms with E-state index in [0.29, 0.717) is 17.0 Å². The van der Waals surface area contributed by atoms with Crippen LogP contribution in [0.25, 0.3) is 0 Å². The fourth-order valence-electron chi connectivity index (χ4n) is 2.60. The lowest BCUT2D eigenvalue weighted by atomic mass is 10.2. The number of pyridine rings is 1. The van der Waals surface area contributed by atoms with Gasteiger partial charge in [0.2, 0.25) is 5.88 Å². The Balaban J connectivity index is 1.81. The van der Waals surface area contributed by atoms with E-state index in [-0.39, 0.29) is 22.7 Å². The Morgan fingerprint density at radius 1 is 1.07 bits per heavy atom. The second-order valence-corrected chi connectivity index (χ2v) is 8.37. The van der Waals surface area contributed by atoms with Gasteiger partial charge in [-0.05, 0) is 49.7 Å². The maximum absolute atomic E-state index is 12.5. The van der Waals surface area contributed by atoms with E-state index >= 15 is 0 Å². The molecule has 2 aromatic carbocycles. The number of carbonyl (C=O) groups is 1. The number of hydrogen-bond acceptors (Lipinski definition) is 5. The number of hydrogen-bond donors (Lipinski definition) is 2. The van der Waals surface area contributed by atoms with Gasteiger partial charge in [0.05, 0.1) is 10.6 Å². The van der Waals surface area contributed by atoms with Crippen LogP contribution in [0.2, 0.25) is 0 Å². The highest BCUT2D eigenvalue weighted by Crippen LogP contribution is 2.26. The maximum atomic E-state index is 12.5. The maximum Gasteiger partial charge on any atom is 0.261 e. The third kappa shape index (κ3) is 5.36. The molecule has 0 radical (unpaired) electrons. The molecule has 1 atom stereocenters. The Labute approximate surface area is 176 Å². The lowest BCUT2D eigenvalue weighted by Gasteiger charge is -2.14. The number of amides is 1. The number of aromatic nitrogens is 1. The molecule has 1 heterocycles. The molecule has 0 aliphatic carbocycles. The molecule has 0 unspecified atom stereocenters. The van der Waals surface area contributed by atoms with Gasteiger partial charge in [-0.2, -0.15) is 0 Å². The first-order valence-electron chi connectivity index (χ1n) is 9.50. The van der Waals surface area contributed by atoms with Gasteiger partial charge in [-0.3, -0.25) is 9.52 Å². The Morgan fingerprint density at radius 3 is 2.57 bits per heavy atom. The van der Waals surface area contributed by atoms with E-state index in [1.807, 2.05) is 13.8 Å². The third-order valence-corrected chi connectivity index (χ3v) is 5.76. The molecule has 3 rings (SSSR count). The summed E-state index contributed by atoms with van der Waals surface area (Å²) in [6, 6.07) is 17.8. The molecule has 0 aliphatic heterocycles. The molecular weight excluding hydrogens is 402 g/mol. The monoisotopic (exact) mass is 425 g/mol. The molecule has 156 valence electrons. The highest BCUT2D eigenvalue weighted by molar-refractivity contribution is 7.92. The Hall–Kier alpha value is -3.39. The van der Waals surface area contributed by atoms with Crippen LogP contribution in [-0.2, 0) is 10.0 Å². The highest BCUT2D eigenvalue weighted by Gasteiger charge is 2.17. The van der Waals surface area contributed by atoms with Gasteiger partial charge in [-0.25, -0.2) is 13.4 Å². The topological polar surface area (TPSA) is 97.4 Å². The summed E-state index contributed by atoms with van der Waals surface area (Å²) in [4.78, 5) is 16.8. The molecule has 1 aromatic heterocycles. The molecule has 3 aromatic rings. The Bertz CT molecular complexity index is 1120. The fraction of sp³-hybridized carbons (Fsp3) is 0.182. The number of ether oxygens (including phenoxy) is 1. The number of benzene rings is 2. The van der Waals surface area contributed by atoms with Crippen LogP contribution in [0, 0.1) is 0 Å². The van der Waals surface area contributed by atoms with Crippen LogP contribution >= 0.6 is 0 Å². The summed E-state index contributed by atoms with van der Waals surface area (Å²) >= 11 is 0. The first-order valence-corrected chi connectivity index (χ1v) is 11.0. The molecule has 0 bridgehead atoms. The van der Waals surface area contributed by atoms with Gasteiger partial charge < -0.3 is 10.1 Å². The van der Waals surface area contributed by atoms with E-state index in [2.05, 4.69) is 15.0 Å². The first kappa shape index (κ1) is 21.3. The summed E-state index contributed by atoms with van der Waals surface area (Å²) in [5.74, 6) is 0.203. The van der Waals surface area contributed by atoms with Crippen molar-refractivity contribution in [2.24, 2.45) is 0 Å². The van der Waals surface area contributed by atoms with Gasteiger partial charge in [0, 0.05) is 18.3 Å². The number of sulfonamides is 1. The zero-order valence-corrected chi connectivity index (χ0v) is 17.5. The van der Waals surface area contributed by atoms with Crippen molar-refractivity contribution in [1.82, 2.24) is 10.3 Å². The Morgan fingerprint density at radius 2 is 1.83 bits per heavy atom. The summed E-state index contributed by atoms with van der Waals surface area (Å²) in [5, 5.41) is 2.88. The minimum atomic E-state index is -3.73. The predicted molar refractivity (Wildman–Crippen MR) is 115 cm³/mol. The third-order valence-electron chi connectivity index (χ3n) is 4.36. The molecule has 1 amide bonds. The predicted octanol–water partition coefficient (Wildman–Crippen LogP) is 4.20. The quantitative estimate of drug-likeness (QED) is 0.564. The zero-order valence-electron chi connectivity index (χ0n) is 16.7. The van der Waals surface area contributed by atoms with Crippen LogP contribution in [0.1, 0.15) is 30.6 Å². The van der Waals surface area contributed by atoms with E-state index < -0.39 is 10.0 Å². The van der Waals surface area contributed by atoms with E-state index in [1.165, 1.54) is 24.4 Å². The van der Waals surface area contributed by atoms with Crippen molar-refractivity contribution in [3.05, 3.63) is 78.5 Å². The number of nitrogens with one attached hydrogen (secondary N) is 2. The van der Waals surface area contributed by atoms with Gasteiger partial charge in [-0.15, -0.1) is 0 Å². The molecular formula is C22H23N3O4S. The average Bonchev–Trinajstić information content (AvgIpc) is 2.74. The first-order chi connectivity index (χ1) is 14.4. The van der Waals surface area contributed by atoms with Crippen LogP contribution in [0.4, 0.5) is 5.69 Å². The van der Waals surface area contributed by atoms with Crippen molar-refractivity contribution in [1.29, 1.82) is 0 Å². The van der Waals surface area contributed by atoms with E-state index in [0.717, 1.165) is 6.42 Å². The standard InChI is InChI=1S/C22H23N3O4S/c1-3-16(2)24-21(26)20-13-8-14-23-22(20)29-18-10-7-9-17(15-18)25-30(27,28)19-11-5-4-6-12-19/h4-16,25H,3H2,1-2H3,(H,24,26)/t16-/m0/s1. The molecule has 8 heteroatoms. The van der Waals surface area contributed by atoms with Gasteiger partial charge in [0.25, 0.3) is 15.9 Å². The van der Waals surface area contributed by atoms with E-state index in [4.69, 9.17) is 4.74 Å². The smallest absolute Gasteiger partial charge is 0.261 e. The minimum Gasteiger partial charge on any atom is -0.438 e. The normalized spacial score (nSPS) is 12.1. The molecule has 0 aliphatic rings. The van der Waals surface area contributed by atoms with Gasteiger partial charge in [0.15, 0.2) is 0 Å². The summed E-state index contributed by atoms with van der Waals surface area (Å²) in [6.45, 7) is 3.89. The second kappa shape index (κ2) is 9.41. The van der Waals surface area contributed by atoms with Crippen molar-refractivity contribution in [3.63, 3.8) is 0 Å². The van der Waals surface area contributed by atoms with Crippen LogP contribution in [0.3, 0.4) is 0 Å². The Kier molecular flexibility index (Phi) is 6.68. The fourth-order valence-corrected chi connectivity index (χ4v) is 3.67. The number of rotatable bonds is 8.